The predicted molar refractivity (Wildman–Crippen MR) is 87.0 cm³/mol. The molecule has 0 heterocycles. The van der Waals surface area contributed by atoms with Gasteiger partial charge in [-0.3, -0.25) is 0 Å². The van der Waals surface area contributed by atoms with E-state index in [0.717, 1.165) is 17.0 Å². The van der Waals surface area contributed by atoms with Crippen LogP contribution in [0.2, 0.25) is 0 Å². The minimum atomic E-state index is -0.224. The standard InChI is InChI=1S/C16H21BN2O2/c1-2-20-17(19-13-12-18)15-10-6-7-11-16(15)21-14-8-4-3-5-9-14/h3-11,19H,2,12-13,18H2,1H3. The van der Waals surface area contributed by atoms with E-state index >= 15 is 0 Å². The zero-order chi connectivity index (χ0) is 14.9. The largest absolute Gasteiger partial charge is 0.458 e. The van der Waals surface area contributed by atoms with E-state index in [2.05, 4.69) is 5.23 Å². The van der Waals surface area contributed by atoms with Gasteiger partial charge in [-0.1, -0.05) is 36.4 Å². The lowest BCUT2D eigenvalue weighted by atomic mass is 9.72. The van der Waals surface area contributed by atoms with E-state index in [-0.39, 0.29) is 7.05 Å². The predicted octanol–water partition coefficient (Wildman–Crippen LogP) is 1.76. The first-order valence-corrected chi connectivity index (χ1v) is 7.22. The number of hydrogen-bond acceptors (Lipinski definition) is 4. The molecule has 0 aliphatic carbocycles. The van der Waals surface area contributed by atoms with Crippen LogP contribution >= 0.6 is 0 Å². The van der Waals surface area contributed by atoms with Gasteiger partial charge < -0.3 is 20.4 Å². The molecule has 0 bridgehead atoms. The number of hydrogen-bond donors (Lipinski definition) is 2. The maximum atomic E-state index is 5.97. The van der Waals surface area contributed by atoms with E-state index in [1.54, 1.807) is 0 Å². The molecule has 2 aromatic rings. The van der Waals surface area contributed by atoms with Crippen molar-refractivity contribution in [2.75, 3.05) is 19.7 Å². The second-order valence-electron chi connectivity index (χ2n) is 4.53. The summed E-state index contributed by atoms with van der Waals surface area (Å²) in [5.41, 5.74) is 6.53. The van der Waals surface area contributed by atoms with Crippen LogP contribution in [0, 0.1) is 0 Å². The molecule has 5 heteroatoms. The molecule has 0 saturated heterocycles. The Bertz CT molecular complexity index is 537. The molecule has 0 fully saturated rings. The lowest BCUT2D eigenvalue weighted by Crippen LogP contribution is -2.49. The first kappa shape index (κ1) is 15.6. The van der Waals surface area contributed by atoms with E-state index in [1.165, 1.54) is 0 Å². The van der Waals surface area contributed by atoms with Crippen LogP contribution in [0.1, 0.15) is 6.92 Å². The second kappa shape index (κ2) is 8.47. The van der Waals surface area contributed by atoms with Crippen molar-refractivity contribution < 1.29 is 9.39 Å². The Kier molecular flexibility index (Phi) is 6.28. The van der Waals surface area contributed by atoms with Crippen molar-refractivity contribution in [2.45, 2.75) is 6.92 Å². The lowest BCUT2D eigenvalue weighted by molar-refractivity contribution is 0.341. The summed E-state index contributed by atoms with van der Waals surface area (Å²) in [7, 11) is -0.224. The molecule has 110 valence electrons. The summed E-state index contributed by atoms with van der Waals surface area (Å²) in [4.78, 5) is 0. The molecule has 0 aliphatic rings. The van der Waals surface area contributed by atoms with Crippen molar-refractivity contribution in [1.29, 1.82) is 0 Å². The molecule has 0 unspecified atom stereocenters. The number of para-hydroxylation sites is 2. The SMILES string of the molecule is CCOB(NCCN)c1ccccc1Oc1ccccc1. The Hall–Kier alpha value is -1.82. The van der Waals surface area contributed by atoms with Gasteiger partial charge in [0.1, 0.15) is 11.5 Å². The van der Waals surface area contributed by atoms with Crippen LogP contribution in [0.25, 0.3) is 0 Å². The van der Waals surface area contributed by atoms with Gasteiger partial charge >= 0.3 is 7.05 Å². The highest BCUT2D eigenvalue weighted by atomic mass is 16.5. The van der Waals surface area contributed by atoms with Crippen LogP contribution in [0.4, 0.5) is 0 Å². The second-order valence-corrected chi connectivity index (χ2v) is 4.53. The van der Waals surface area contributed by atoms with Crippen LogP contribution in [0.15, 0.2) is 54.6 Å². The molecular weight excluding hydrogens is 263 g/mol. The Balaban J connectivity index is 2.21. The van der Waals surface area contributed by atoms with Crippen molar-refractivity contribution in [1.82, 2.24) is 5.23 Å². The number of rotatable bonds is 8. The summed E-state index contributed by atoms with van der Waals surface area (Å²) in [6.45, 7) is 3.83. The molecule has 2 rings (SSSR count). The smallest absolute Gasteiger partial charge is 0.419 e. The quantitative estimate of drug-likeness (QED) is 0.725. The van der Waals surface area contributed by atoms with Crippen molar-refractivity contribution in [3.8, 4) is 11.5 Å². The zero-order valence-electron chi connectivity index (χ0n) is 12.3. The summed E-state index contributed by atoms with van der Waals surface area (Å²) in [6.07, 6.45) is 0. The van der Waals surface area contributed by atoms with Crippen LogP contribution in [0.5, 0.6) is 11.5 Å². The molecule has 21 heavy (non-hydrogen) atoms. The number of nitrogens with two attached hydrogens (primary N) is 1. The van der Waals surface area contributed by atoms with Crippen molar-refractivity contribution in [2.24, 2.45) is 5.73 Å². The first-order chi connectivity index (χ1) is 10.3. The molecule has 0 atom stereocenters. The van der Waals surface area contributed by atoms with Gasteiger partial charge in [-0.15, -0.1) is 0 Å². The summed E-state index contributed by atoms with van der Waals surface area (Å²) in [5.74, 6) is 1.59. The van der Waals surface area contributed by atoms with Gasteiger partial charge in [0, 0.05) is 18.6 Å². The fourth-order valence-corrected chi connectivity index (χ4v) is 2.05. The Labute approximate surface area is 126 Å². The van der Waals surface area contributed by atoms with Gasteiger partial charge in [0.25, 0.3) is 0 Å². The van der Waals surface area contributed by atoms with E-state index in [4.69, 9.17) is 15.1 Å². The highest BCUT2D eigenvalue weighted by Gasteiger charge is 2.22. The van der Waals surface area contributed by atoms with E-state index in [9.17, 15) is 0 Å². The molecule has 0 aromatic heterocycles. The monoisotopic (exact) mass is 284 g/mol. The van der Waals surface area contributed by atoms with Crippen LogP contribution in [-0.2, 0) is 4.65 Å². The summed E-state index contributed by atoms with van der Waals surface area (Å²) in [5, 5.41) is 3.29. The van der Waals surface area contributed by atoms with E-state index < -0.39 is 0 Å². The maximum Gasteiger partial charge on any atom is 0.419 e. The van der Waals surface area contributed by atoms with Gasteiger partial charge in [0.2, 0.25) is 0 Å². The maximum absolute atomic E-state index is 5.97. The first-order valence-electron chi connectivity index (χ1n) is 7.22. The number of nitrogens with one attached hydrogen (secondary N) is 1. The van der Waals surface area contributed by atoms with Gasteiger partial charge in [0.05, 0.1) is 0 Å². The van der Waals surface area contributed by atoms with Crippen molar-refractivity contribution in [3.63, 3.8) is 0 Å². The highest BCUT2D eigenvalue weighted by Crippen LogP contribution is 2.19. The molecule has 4 nitrogen and oxygen atoms in total. The van der Waals surface area contributed by atoms with E-state index in [1.807, 2.05) is 61.5 Å². The number of benzene rings is 2. The average molecular weight is 284 g/mol. The number of ether oxygens (including phenoxy) is 1. The molecule has 0 radical (unpaired) electrons. The molecule has 0 aliphatic heterocycles. The molecule has 0 spiro atoms. The minimum absolute atomic E-state index is 0.224. The van der Waals surface area contributed by atoms with Crippen LogP contribution in [0.3, 0.4) is 0 Å². The normalized spacial score (nSPS) is 10.4. The van der Waals surface area contributed by atoms with Crippen molar-refractivity contribution >= 4 is 12.5 Å². The molecule has 2 aromatic carbocycles. The van der Waals surface area contributed by atoms with Gasteiger partial charge in [-0.2, -0.15) is 0 Å². The lowest BCUT2D eigenvalue weighted by Gasteiger charge is -2.18. The van der Waals surface area contributed by atoms with E-state index in [0.29, 0.717) is 19.7 Å². The highest BCUT2D eigenvalue weighted by molar-refractivity contribution is 6.66. The van der Waals surface area contributed by atoms with Gasteiger partial charge in [0.15, 0.2) is 0 Å². The Morgan fingerprint density at radius 1 is 1.05 bits per heavy atom. The zero-order valence-corrected chi connectivity index (χ0v) is 12.3. The van der Waals surface area contributed by atoms with Crippen LogP contribution in [-0.4, -0.2) is 26.7 Å². The topological polar surface area (TPSA) is 56.5 Å². The minimum Gasteiger partial charge on any atom is -0.458 e. The fourth-order valence-electron chi connectivity index (χ4n) is 2.05. The third-order valence-corrected chi connectivity index (χ3v) is 2.98. The Morgan fingerprint density at radius 2 is 1.76 bits per heavy atom. The van der Waals surface area contributed by atoms with Gasteiger partial charge in [-0.25, -0.2) is 0 Å². The molecule has 3 N–H and O–H groups in total. The fraction of sp³-hybridized carbons (Fsp3) is 0.250. The molecular formula is C16H21BN2O2. The van der Waals surface area contributed by atoms with Crippen molar-refractivity contribution in [3.05, 3.63) is 54.6 Å². The molecule has 0 amide bonds. The summed E-state index contributed by atoms with van der Waals surface area (Å²) in [6, 6.07) is 17.6. The Morgan fingerprint density at radius 3 is 2.48 bits per heavy atom. The van der Waals surface area contributed by atoms with Crippen LogP contribution < -0.4 is 21.2 Å². The van der Waals surface area contributed by atoms with Gasteiger partial charge in [-0.05, 0) is 31.7 Å². The molecule has 0 saturated carbocycles. The average Bonchev–Trinajstić information content (AvgIpc) is 2.53. The third-order valence-electron chi connectivity index (χ3n) is 2.98. The third kappa shape index (κ3) is 4.60. The summed E-state index contributed by atoms with van der Waals surface area (Å²) < 4.78 is 11.7. The summed E-state index contributed by atoms with van der Waals surface area (Å²) >= 11 is 0.